The molecule has 0 saturated carbocycles. The van der Waals surface area contributed by atoms with E-state index in [0.29, 0.717) is 11.0 Å². The van der Waals surface area contributed by atoms with Crippen LogP contribution in [0.15, 0.2) is 24.3 Å². The van der Waals surface area contributed by atoms with E-state index in [0.717, 1.165) is 18.8 Å². The van der Waals surface area contributed by atoms with Crippen LogP contribution in [0.4, 0.5) is 0 Å². The first-order chi connectivity index (χ1) is 8.01. The van der Waals surface area contributed by atoms with Gasteiger partial charge in [-0.2, -0.15) is 5.26 Å². The van der Waals surface area contributed by atoms with Crippen LogP contribution in [0.3, 0.4) is 0 Å². The molecule has 2 nitrogen and oxygen atoms in total. The van der Waals surface area contributed by atoms with Crippen molar-refractivity contribution in [2.75, 3.05) is 6.61 Å². The molecule has 0 spiro atoms. The van der Waals surface area contributed by atoms with Gasteiger partial charge >= 0.3 is 0 Å². The maximum Gasteiger partial charge on any atom is 0.119 e. The molecular formula is C15H23NO. The van der Waals surface area contributed by atoms with Gasteiger partial charge in [-0.3, -0.25) is 0 Å². The molecule has 0 aromatic heterocycles. The molecule has 0 radical (unpaired) electrons. The normalized spacial score (nSPS) is 9.88. The molecule has 17 heavy (non-hydrogen) atoms. The molecular weight excluding hydrogens is 210 g/mol. The van der Waals surface area contributed by atoms with E-state index < -0.39 is 0 Å². The summed E-state index contributed by atoms with van der Waals surface area (Å²) in [6, 6.07) is 9.29. The first-order valence-electron chi connectivity index (χ1n) is 6.14. The standard InChI is InChI=1S/C13H17NO.C2H6/c1-13(2,3)8-9-15-12-6-4-11(10-14)5-7-12;1-2/h4-7H,8-9H2,1-3H3;1-2H3. The molecule has 0 aliphatic heterocycles. The number of nitrogens with zero attached hydrogens (tertiary/aromatic N) is 1. The van der Waals surface area contributed by atoms with Crippen molar-refractivity contribution in [3.05, 3.63) is 29.8 Å². The Bertz CT molecular complexity index is 341. The summed E-state index contributed by atoms with van der Waals surface area (Å²) in [6.07, 6.45) is 1.02. The van der Waals surface area contributed by atoms with Crippen LogP contribution in [-0.4, -0.2) is 6.61 Å². The molecule has 0 N–H and O–H groups in total. The lowest BCUT2D eigenvalue weighted by Crippen LogP contribution is -2.11. The van der Waals surface area contributed by atoms with Gasteiger partial charge in [0, 0.05) is 0 Å². The van der Waals surface area contributed by atoms with E-state index in [1.54, 1.807) is 12.1 Å². The Kier molecular flexibility index (Phi) is 7.05. The minimum absolute atomic E-state index is 0.298. The number of hydrogen-bond donors (Lipinski definition) is 0. The van der Waals surface area contributed by atoms with Crippen LogP contribution in [-0.2, 0) is 0 Å². The molecule has 0 aliphatic rings. The van der Waals surface area contributed by atoms with Gasteiger partial charge in [0.2, 0.25) is 0 Å². The second-order valence-corrected chi connectivity index (χ2v) is 4.80. The number of nitriles is 1. The number of ether oxygens (including phenoxy) is 1. The quantitative estimate of drug-likeness (QED) is 0.775. The minimum Gasteiger partial charge on any atom is -0.494 e. The summed E-state index contributed by atoms with van der Waals surface area (Å²) in [5.41, 5.74) is 0.963. The number of rotatable bonds is 3. The van der Waals surface area contributed by atoms with Crippen LogP contribution in [0.2, 0.25) is 0 Å². The highest BCUT2D eigenvalue weighted by molar-refractivity contribution is 5.34. The third-order valence-electron chi connectivity index (χ3n) is 2.10. The van der Waals surface area contributed by atoms with Crippen LogP contribution >= 0.6 is 0 Å². The summed E-state index contributed by atoms with van der Waals surface area (Å²) in [5, 5.41) is 8.62. The molecule has 1 aromatic carbocycles. The van der Waals surface area contributed by atoms with Gasteiger partial charge in [-0.05, 0) is 36.1 Å². The molecule has 0 saturated heterocycles. The van der Waals surface area contributed by atoms with E-state index in [1.165, 1.54) is 0 Å². The lowest BCUT2D eigenvalue weighted by Gasteiger charge is -2.17. The van der Waals surface area contributed by atoms with Crippen molar-refractivity contribution < 1.29 is 4.74 Å². The van der Waals surface area contributed by atoms with Crippen LogP contribution in [0, 0.1) is 16.7 Å². The molecule has 0 bridgehead atoms. The van der Waals surface area contributed by atoms with Crippen LogP contribution in [0.1, 0.15) is 46.6 Å². The molecule has 1 rings (SSSR count). The van der Waals surface area contributed by atoms with Gasteiger partial charge in [0.05, 0.1) is 18.2 Å². The molecule has 0 aliphatic carbocycles. The van der Waals surface area contributed by atoms with Crippen molar-refractivity contribution in [2.45, 2.75) is 41.0 Å². The molecule has 0 amide bonds. The lowest BCUT2D eigenvalue weighted by atomic mass is 9.93. The fraction of sp³-hybridized carbons (Fsp3) is 0.533. The fourth-order valence-corrected chi connectivity index (χ4v) is 1.10. The van der Waals surface area contributed by atoms with Crippen molar-refractivity contribution in [1.82, 2.24) is 0 Å². The zero-order valence-electron chi connectivity index (χ0n) is 11.6. The maximum atomic E-state index is 8.62. The largest absolute Gasteiger partial charge is 0.494 e. The SMILES string of the molecule is CC.CC(C)(C)CCOc1ccc(C#N)cc1. The summed E-state index contributed by atoms with van der Waals surface area (Å²) in [5.74, 6) is 0.832. The monoisotopic (exact) mass is 233 g/mol. The highest BCUT2D eigenvalue weighted by Gasteiger charge is 2.09. The Morgan fingerprint density at radius 2 is 1.65 bits per heavy atom. The third kappa shape index (κ3) is 7.41. The van der Waals surface area contributed by atoms with Gasteiger partial charge in [-0.25, -0.2) is 0 Å². The summed E-state index contributed by atoms with van der Waals surface area (Å²) in [4.78, 5) is 0. The lowest BCUT2D eigenvalue weighted by molar-refractivity contribution is 0.243. The smallest absolute Gasteiger partial charge is 0.119 e. The summed E-state index contributed by atoms with van der Waals surface area (Å²) in [6.45, 7) is 11.3. The predicted octanol–water partition coefficient (Wildman–Crippen LogP) is 4.40. The van der Waals surface area contributed by atoms with E-state index in [2.05, 4.69) is 26.8 Å². The Morgan fingerprint density at radius 3 is 2.06 bits per heavy atom. The van der Waals surface area contributed by atoms with Crippen molar-refractivity contribution in [3.8, 4) is 11.8 Å². The average Bonchev–Trinajstić information content (AvgIpc) is 2.31. The summed E-state index contributed by atoms with van der Waals surface area (Å²) >= 11 is 0. The Morgan fingerprint density at radius 1 is 1.12 bits per heavy atom. The molecule has 94 valence electrons. The third-order valence-corrected chi connectivity index (χ3v) is 2.10. The number of hydrogen-bond acceptors (Lipinski definition) is 2. The van der Waals surface area contributed by atoms with Gasteiger partial charge in [0.15, 0.2) is 0 Å². The fourth-order valence-electron chi connectivity index (χ4n) is 1.10. The molecule has 0 heterocycles. The van der Waals surface area contributed by atoms with Crippen LogP contribution in [0.25, 0.3) is 0 Å². The van der Waals surface area contributed by atoms with Crippen molar-refractivity contribution in [3.63, 3.8) is 0 Å². The van der Waals surface area contributed by atoms with Gasteiger partial charge in [0.1, 0.15) is 5.75 Å². The molecule has 0 fully saturated rings. The minimum atomic E-state index is 0.298. The van der Waals surface area contributed by atoms with Crippen molar-refractivity contribution in [2.24, 2.45) is 5.41 Å². The van der Waals surface area contributed by atoms with E-state index in [1.807, 2.05) is 26.0 Å². The second kappa shape index (κ2) is 7.73. The predicted molar refractivity (Wildman–Crippen MR) is 72.1 cm³/mol. The van der Waals surface area contributed by atoms with Crippen LogP contribution < -0.4 is 4.74 Å². The Balaban J connectivity index is 0.00000121. The van der Waals surface area contributed by atoms with Gasteiger partial charge in [-0.15, -0.1) is 0 Å². The Hall–Kier alpha value is -1.49. The number of benzene rings is 1. The van der Waals surface area contributed by atoms with Crippen LogP contribution in [0.5, 0.6) is 5.75 Å². The average molecular weight is 233 g/mol. The van der Waals surface area contributed by atoms with Crippen molar-refractivity contribution >= 4 is 0 Å². The van der Waals surface area contributed by atoms with E-state index in [-0.39, 0.29) is 0 Å². The summed E-state index contributed by atoms with van der Waals surface area (Å²) < 4.78 is 5.57. The van der Waals surface area contributed by atoms with Gasteiger partial charge in [0.25, 0.3) is 0 Å². The van der Waals surface area contributed by atoms with E-state index >= 15 is 0 Å². The van der Waals surface area contributed by atoms with E-state index in [9.17, 15) is 0 Å². The second-order valence-electron chi connectivity index (χ2n) is 4.80. The van der Waals surface area contributed by atoms with Gasteiger partial charge in [-0.1, -0.05) is 34.6 Å². The highest BCUT2D eigenvalue weighted by Crippen LogP contribution is 2.19. The molecule has 0 atom stereocenters. The van der Waals surface area contributed by atoms with E-state index in [4.69, 9.17) is 10.00 Å². The highest BCUT2D eigenvalue weighted by atomic mass is 16.5. The molecule has 0 unspecified atom stereocenters. The maximum absolute atomic E-state index is 8.62. The first-order valence-corrected chi connectivity index (χ1v) is 6.14. The summed E-state index contributed by atoms with van der Waals surface area (Å²) in [7, 11) is 0. The first kappa shape index (κ1) is 15.5. The molecule has 2 heteroatoms. The Labute approximate surface area is 105 Å². The zero-order valence-corrected chi connectivity index (χ0v) is 11.6. The van der Waals surface area contributed by atoms with Gasteiger partial charge < -0.3 is 4.74 Å². The molecule has 1 aromatic rings. The topological polar surface area (TPSA) is 33.0 Å². The van der Waals surface area contributed by atoms with Crippen molar-refractivity contribution in [1.29, 1.82) is 5.26 Å². The zero-order chi connectivity index (χ0) is 13.3.